The summed E-state index contributed by atoms with van der Waals surface area (Å²) in [5, 5.41) is 2.75. The van der Waals surface area contributed by atoms with Crippen LogP contribution in [-0.2, 0) is 14.3 Å². The van der Waals surface area contributed by atoms with E-state index in [9.17, 15) is 9.59 Å². The number of hydrogen-bond acceptors (Lipinski definition) is 4. The molecule has 1 N–H and O–H groups in total. The Bertz CT molecular complexity index is 280. The summed E-state index contributed by atoms with van der Waals surface area (Å²) in [6.07, 6.45) is 2.76. The predicted octanol–water partition coefficient (Wildman–Crippen LogP) is 1.42. The fourth-order valence-electron chi connectivity index (χ4n) is 1.82. The van der Waals surface area contributed by atoms with Gasteiger partial charge in [-0.25, -0.2) is 4.79 Å². The molecule has 0 aromatic heterocycles. The molecule has 1 atom stereocenters. The fourth-order valence-corrected chi connectivity index (χ4v) is 1.82. The van der Waals surface area contributed by atoms with Gasteiger partial charge in [0.15, 0.2) is 0 Å². The largest absolute Gasteiger partial charge is 0.467 e. The highest BCUT2D eigenvalue weighted by Crippen LogP contribution is 2.06. The Morgan fingerprint density at radius 2 is 1.95 bits per heavy atom. The Kier molecular flexibility index (Phi) is 9.21. The lowest BCUT2D eigenvalue weighted by molar-refractivity contribution is -0.145. The van der Waals surface area contributed by atoms with Crippen LogP contribution in [0.3, 0.4) is 0 Å². The van der Waals surface area contributed by atoms with Crippen LogP contribution in [0.4, 0.5) is 0 Å². The average molecular weight is 272 g/mol. The summed E-state index contributed by atoms with van der Waals surface area (Å²) in [5.41, 5.74) is 0. The SMILES string of the molecule is CCCCN(C)CC(=O)NC(CC(C)C)C(=O)OC. The first kappa shape index (κ1) is 17.9. The molecule has 0 saturated heterocycles. The van der Waals surface area contributed by atoms with Gasteiger partial charge in [0.25, 0.3) is 0 Å². The number of likely N-dealkylation sites (N-methyl/N-ethyl adjacent to an activating group) is 1. The quantitative estimate of drug-likeness (QED) is 0.645. The van der Waals surface area contributed by atoms with Gasteiger partial charge in [0.2, 0.25) is 5.91 Å². The van der Waals surface area contributed by atoms with Crippen molar-refractivity contribution in [2.45, 2.75) is 46.1 Å². The number of carbonyl (C=O) groups excluding carboxylic acids is 2. The zero-order chi connectivity index (χ0) is 14.8. The van der Waals surface area contributed by atoms with Gasteiger partial charge < -0.3 is 10.1 Å². The highest BCUT2D eigenvalue weighted by atomic mass is 16.5. The number of carbonyl (C=O) groups is 2. The number of hydrogen-bond donors (Lipinski definition) is 1. The normalized spacial score (nSPS) is 12.6. The van der Waals surface area contributed by atoms with Crippen molar-refractivity contribution in [1.82, 2.24) is 10.2 Å². The lowest BCUT2D eigenvalue weighted by atomic mass is 10.0. The molecule has 5 heteroatoms. The van der Waals surface area contributed by atoms with Crippen LogP contribution < -0.4 is 5.32 Å². The standard InChI is InChI=1S/C14H28N2O3/c1-6-7-8-16(4)10-13(17)15-12(9-11(2)3)14(18)19-5/h11-12H,6-10H2,1-5H3,(H,15,17). The molecule has 0 saturated carbocycles. The van der Waals surface area contributed by atoms with Gasteiger partial charge in [-0.3, -0.25) is 9.69 Å². The Morgan fingerprint density at radius 3 is 2.42 bits per heavy atom. The lowest BCUT2D eigenvalue weighted by Crippen LogP contribution is -2.46. The van der Waals surface area contributed by atoms with Crippen LogP contribution in [0, 0.1) is 5.92 Å². The maximum Gasteiger partial charge on any atom is 0.328 e. The molecule has 0 aromatic carbocycles. The predicted molar refractivity (Wildman–Crippen MR) is 75.8 cm³/mol. The third-order valence-electron chi connectivity index (χ3n) is 2.83. The molecule has 0 aliphatic rings. The van der Waals surface area contributed by atoms with Crippen molar-refractivity contribution in [2.24, 2.45) is 5.92 Å². The third kappa shape index (κ3) is 8.59. The Balaban J connectivity index is 4.26. The minimum atomic E-state index is -0.544. The van der Waals surface area contributed by atoms with Crippen molar-refractivity contribution < 1.29 is 14.3 Å². The molecule has 5 nitrogen and oxygen atoms in total. The van der Waals surface area contributed by atoms with Gasteiger partial charge in [-0.2, -0.15) is 0 Å². The van der Waals surface area contributed by atoms with E-state index >= 15 is 0 Å². The van der Waals surface area contributed by atoms with E-state index in [1.54, 1.807) is 0 Å². The molecule has 0 heterocycles. The number of esters is 1. The van der Waals surface area contributed by atoms with E-state index in [0.717, 1.165) is 19.4 Å². The molecule has 0 aliphatic heterocycles. The molecule has 1 unspecified atom stereocenters. The lowest BCUT2D eigenvalue weighted by Gasteiger charge is -2.21. The summed E-state index contributed by atoms with van der Waals surface area (Å²) in [6.45, 7) is 7.33. The van der Waals surface area contributed by atoms with Crippen LogP contribution >= 0.6 is 0 Å². The van der Waals surface area contributed by atoms with Crippen molar-refractivity contribution in [1.29, 1.82) is 0 Å². The molecule has 0 spiro atoms. The van der Waals surface area contributed by atoms with E-state index in [2.05, 4.69) is 12.2 Å². The fraction of sp³-hybridized carbons (Fsp3) is 0.857. The summed E-state index contributed by atoms with van der Waals surface area (Å²) < 4.78 is 4.72. The van der Waals surface area contributed by atoms with E-state index in [4.69, 9.17) is 4.74 Å². The van der Waals surface area contributed by atoms with Gasteiger partial charge >= 0.3 is 5.97 Å². The number of unbranched alkanes of at least 4 members (excludes halogenated alkanes) is 1. The number of rotatable bonds is 9. The molecule has 0 radical (unpaired) electrons. The molecule has 0 aromatic rings. The van der Waals surface area contributed by atoms with E-state index in [1.165, 1.54) is 7.11 Å². The van der Waals surface area contributed by atoms with Crippen LogP contribution in [0.5, 0.6) is 0 Å². The van der Waals surface area contributed by atoms with Crippen molar-refractivity contribution in [3.63, 3.8) is 0 Å². The van der Waals surface area contributed by atoms with Crippen molar-refractivity contribution in [2.75, 3.05) is 27.2 Å². The smallest absolute Gasteiger partial charge is 0.328 e. The van der Waals surface area contributed by atoms with Gasteiger partial charge in [0.05, 0.1) is 13.7 Å². The summed E-state index contributed by atoms with van der Waals surface area (Å²) in [5.74, 6) is -0.185. The maximum absolute atomic E-state index is 11.9. The molecule has 1 amide bonds. The van der Waals surface area contributed by atoms with E-state index in [1.807, 2.05) is 25.8 Å². The Morgan fingerprint density at radius 1 is 1.32 bits per heavy atom. The summed E-state index contributed by atoms with van der Waals surface area (Å²) >= 11 is 0. The van der Waals surface area contributed by atoms with Gasteiger partial charge in [-0.05, 0) is 32.4 Å². The molecular weight excluding hydrogens is 244 g/mol. The third-order valence-corrected chi connectivity index (χ3v) is 2.83. The molecular formula is C14H28N2O3. The molecule has 112 valence electrons. The highest BCUT2D eigenvalue weighted by molar-refractivity contribution is 5.85. The molecule has 19 heavy (non-hydrogen) atoms. The number of methoxy groups -OCH3 is 1. The number of nitrogens with one attached hydrogen (secondary N) is 1. The minimum absolute atomic E-state index is 0.130. The monoisotopic (exact) mass is 272 g/mol. The Labute approximate surface area is 116 Å². The van der Waals surface area contributed by atoms with Gasteiger partial charge in [-0.15, -0.1) is 0 Å². The highest BCUT2D eigenvalue weighted by Gasteiger charge is 2.22. The van der Waals surface area contributed by atoms with Gasteiger partial charge in [-0.1, -0.05) is 27.2 Å². The summed E-state index contributed by atoms with van der Waals surface area (Å²) in [6, 6.07) is -0.544. The zero-order valence-corrected chi connectivity index (χ0v) is 12.9. The molecule has 0 aliphatic carbocycles. The number of amides is 1. The van der Waals surface area contributed by atoms with Gasteiger partial charge in [0, 0.05) is 0 Å². The van der Waals surface area contributed by atoms with Crippen LogP contribution in [0.1, 0.15) is 40.0 Å². The minimum Gasteiger partial charge on any atom is -0.467 e. The second-order valence-electron chi connectivity index (χ2n) is 5.36. The second kappa shape index (κ2) is 9.78. The first-order valence-electron chi connectivity index (χ1n) is 6.96. The van der Waals surface area contributed by atoms with Crippen LogP contribution in [0.2, 0.25) is 0 Å². The maximum atomic E-state index is 11.9. The van der Waals surface area contributed by atoms with E-state index < -0.39 is 6.04 Å². The van der Waals surface area contributed by atoms with E-state index in [-0.39, 0.29) is 11.9 Å². The van der Waals surface area contributed by atoms with Crippen LogP contribution in [-0.4, -0.2) is 50.1 Å². The van der Waals surface area contributed by atoms with E-state index in [0.29, 0.717) is 18.9 Å². The van der Waals surface area contributed by atoms with Crippen molar-refractivity contribution in [3.8, 4) is 0 Å². The van der Waals surface area contributed by atoms with Crippen molar-refractivity contribution >= 4 is 11.9 Å². The van der Waals surface area contributed by atoms with Crippen LogP contribution in [0.15, 0.2) is 0 Å². The molecule has 0 bridgehead atoms. The Hall–Kier alpha value is -1.10. The molecule has 0 fully saturated rings. The van der Waals surface area contributed by atoms with Crippen molar-refractivity contribution in [3.05, 3.63) is 0 Å². The average Bonchev–Trinajstić information content (AvgIpc) is 2.33. The summed E-state index contributed by atoms with van der Waals surface area (Å²) in [4.78, 5) is 25.4. The van der Waals surface area contributed by atoms with Crippen LogP contribution in [0.25, 0.3) is 0 Å². The van der Waals surface area contributed by atoms with Gasteiger partial charge in [0.1, 0.15) is 6.04 Å². The topological polar surface area (TPSA) is 58.6 Å². The summed E-state index contributed by atoms with van der Waals surface area (Å²) in [7, 11) is 3.25. The zero-order valence-electron chi connectivity index (χ0n) is 12.9. The number of nitrogens with zero attached hydrogens (tertiary/aromatic N) is 1. The second-order valence-corrected chi connectivity index (χ2v) is 5.36. The first-order chi connectivity index (χ1) is 8.90. The first-order valence-corrected chi connectivity index (χ1v) is 6.96. The number of ether oxygens (including phenoxy) is 1. The molecule has 0 rings (SSSR count).